The molecular weight excluding hydrogens is 453 g/mol. The van der Waals surface area contributed by atoms with Crippen LogP contribution in [-0.2, 0) is 6.54 Å². The van der Waals surface area contributed by atoms with Crippen molar-refractivity contribution in [1.82, 2.24) is 20.0 Å². The van der Waals surface area contributed by atoms with Crippen LogP contribution in [0.5, 0.6) is 0 Å². The summed E-state index contributed by atoms with van der Waals surface area (Å²) in [6.45, 7) is 2.27. The fourth-order valence-electron chi connectivity index (χ4n) is 2.58. The molecule has 0 aliphatic carbocycles. The highest BCUT2D eigenvalue weighted by molar-refractivity contribution is 9.10. The summed E-state index contributed by atoms with van der Waals surface area (Å²) in [5.41, 5.74) is -0.131. The van der Waals surface area contributed by atoms with E-state index in [1.54, 1.807) is 0 Å². The first-order valence-electron chi connectivity index (χ1n) is 7.68. The number of nitrogens with one attached hydrogen (secondary N) is 2. The van der Waals surface area contributed by atoms with E-state index in [1.807, 2.05) is 0 Å². The van der Waals surface area contributed by atoms with Gasteiger partial charge in [-0.2, -0.15) is 10.2 Å². The molecule has 2 N–H and O–H groups in total. The van der Waals surface area contributed by atoms with Gasteiger partial charge in [-0.1, -0.05) is 0 Å². The molecule has 0 aliphatic rings. The number of hydrogen-bond donors (Lipinski definition) is 2. The molecule has 1 amide bonds. The van der Waals surface area contributed by atoms with Crippen molar-refractivity contribution in [2.75, 3.05) is 5.32 Å². The summed E-state index contributed by atoms with van der Waals surface area (Å²) in [5, 5.41) is 12.8. The van der Waals surface area contributed by atoms with Crippen molar-refractivity contribution in [2.45, 2.75) is 20.4 Å². The summed E-state index contributed by atoms with van der Waals surface area (Å²) in [4.78, 5) is 12.3. The largest absolute Gasteiger partial charge is 0.317 e. The third-order valence-electron chi connectivity index (χ3n) is 4.05. The Labute approximate surface area is 162 Å². The number of amides is 1. The zero-order valence-corrected chi connectivity index (χ0v) is 15.9. The number of H-pyrrole nitrogens is 1. The van der Waals surface area contributed by atoms with Crippen LogP contribution < -0.4 is 5.32 Å². The summed E-state index contributed by atoms with van der Waals surface area (Å²) in [6, 6.07) is 0. The maximum Gasteiger partial charge on any atom is 0.274 e. The minimum atomic E-state index is -2.23. The number of aromatic nitrogens is 4. The monoisotopic (exact) mass is 463 g/mol. The van der Waals surface area contributed by atoms with Crippen LogP contribution in [0.3, 0.4) is 0 Å². The van der Waals surface area contributed by atoms with E-state index >= 15 is 0 Å². The SMILES string of the molecule is Cc1nn(Cc2c(F)c(F)c(F)c(F)c2F)c(C)c1NC(=O)c1[nH]ncc1Br. The van der Waals surface area contributed by atoms with Crippen LogP contribution in [-0.4, -0.2) is 25.9 Å². The second-order valence-corrected chi connectivity index (χ2v) is 6.65. The van der Waals surface area contributed by atoms with E-state index in [9.17, 15) is 26.7 Å². The van der Waals surface area contributed by atoms with Gasteiger partial charge in [-0.3, -0.25) is 14.6 Å². The number of aryl methyl sites for hydroxylation is 1. The predicted molar refractivity (Wildman–Crippen MR) is 91.3 cm³/mol. The normalized spacial score (nSPS) is 11.1. The number of hydrogen-bond acceptors (Lipinski definition) is 3. The van der Waals surface area contributed by atoms with Gasteiger partial charge in [0.15, 0.2) is 23.3 Å². The van der Waals surface area contributed by atoms with Crippen molar-refractivity contribution >= 4 is 27.5 Å². The van der Waals surface area contributed by atoms with Crippen LogP contribution in [0.15, 0.2) is 10.7 Å². The van der Waals surface area contributed by atoms with Crippen LogP contribution in [0, 0.1) is 42.9 Å². The molecule has 0 fully saturated rings. The van der Waals surface area contributed by atoms with Gasteiger partial charge in [-0.15, -0.1) is 0 Å². The molecule has 0 bridgehead atoms. The quantitative estimate of drug-likeness (QED) is 0.349. The second kappa shape index (κ2) is 7.34. The first kappa shape index (κ1) is 20.0. The van der Waals surface area contributed by atoms with Crippen molar-refractivity contribution in [1.29, 1.82) is 0 Å². The maximum atomic E-state index is 13.9. The molecule has 0 radical (unpaired) electrons. The Morgan fingerprint density at radius 3 is 2.21 bits per heavy atom. The van der Waals surface area contributed by atoms with E-state index in [4.69, 9.17) is 0 Å². The van der Waals surface area contributed by atoms with Gasteiger partial charge in [0.1, 0.15) is 5.69 Å². The van der Waals surface area contributed by atoms with E-state index in [0.717, 1.165) is 4.68 Å². The smallest absolute Gasteiger partial charge is 0.274 e. The molecular formula is C16H11BrF5N5O. The van der Waals surface area contributed by atoms with Crippen molar-refractivity contribution in [3.63, 3.8) is 0 Å². The molecule has 3 rings (SSSR count). The van der Waals surface area contributed by atoms with E-state index < -0.39 is 47.1 Å². The number of nitrogens with zero attached hydrogens (tertiary/aromatic N) is 3. The highest BCUT2D eigenvalue weighted by Crippen LogP contribution is 2.26. The van der Waals surface area contributed by atoms with Crippen molar-refractivity contribution in [3.8, 4) is 0 Å². The number of anilines is 1. The molecule has 2 aromatic heterocycles. The lowest BCUT2D eigenvalue weighted by Gasteiger charge is -2.10. The highest BCUT2D eigenvalue weighted by Gasteiger charge is 2.27. The molecule has 28 heavy (non-hydrogen) atoms. The topological polar surface area (TPSA) is 75.6 Å². The first-order chi connectivity index (χ1) is 13.1. The fraction of sp³-hybridized carbons (Fsp3) is 0.188. The second-order valence-electron chi connectivity index (χ2n) is 5.80. The van der Waals surface area contributed by atoms with Gasteiger partial charge >= 0.3 is 0 Å². The van der Waals surface area contributed by atoms with Crippen LogP contribution >= 0.6 is 15.9 Å². The van der Waals surface area contributed by atoms with E-state index in [0.29, 0.717) is 4.47 Å². The van der Waals surface area contributed by atoms with Gasteiger partial charge in [-0.25, -0.2) is 22.0 Å². The van der Waals surface area contributed by atoms with Gasteiger partial charge in [0, 0.05) is 0 Å². The Hall–Kier alpha value is -2.76. The lowest BCUT2D eigenvalue weighted by Crippen LogP contribution is -2.15. The van der Waals surface area contributed by atoms with E-state index in [1.165, 1.54) is 20.0 Å². The Bertz CT molecular complexity index is 1060. The Morgan fingerprint density at radius 1 is 1.11 bits per heavy atom. The number of carbonyl (C=O) groups is 1. The molecule has 6 nitrogen and oxygen atoms in total. The number of aromatic amines is 1. The number of rotatable bonds is 4. The van der Waals surface area contributed by atoms with Crippen molar-refractivity contribution in [3.05, 3.63) is 62.4 Å². The lowest BCUT2D eigenvalue weighted by atomic mass is 10.1. The molecule has 2 heterocycles. The molecule has 0 unspecified atom stereocenters. The Kier molecular flexibility index (Phi) is 5.24. The molecule has 1 aromatic carbocycles. The van der Waals surface area contributed by atoms with Gasteiger partial charge in [-0.05, 0) is 29.8 Å². The zero-order chi connectivity index (χ0) is 20.7. The van der Waals surface area contributed by atoms with Crippen LogP contribution in [0.1, 0.15) is 27.4 Å². The number of benzene rings is 1. The maximum absolute atomic E-state index is 13.9. The van der Waals surface area contributed by atoms with Crippen LogP contribution in [0.4, 0.5) is 27.6 Å². The van der Waals surface area contributed by atoms with Gasteiger partial charge in [0.25, 0.3) is 5.91 Å². The number of halogens is 6. The molecule has 0 saturated carbocycles. The average Bonchev–Trinajstić information content (AvgIpc) is 3.20. The molecule has 0 aliphatic heterocycles. The molecule has 148 valence electrons. The standard InChI is InChI=1S/C16H11BrF5N5O/c1-5-14(24-16(28)15-8(17)3-23-25-15)6(2)27(26-5)4-7-9(18)11(20)13(22)12(21)10(7)19/h3H,4H2,1-2H3,(H,23,25)(H,24,28). The zero-order valence-electron chi connectivity index (χ0n) is 14.3. The summed E-state index contributed by atoms with van der Waals surface area (Å²) < 4.78 is 69.3. The van der Waals surface area contributed by atoms with Crippen molar-refractivity contribution < 1.29 is 26.7 Å². The highest BCUT2D eigenvalue weighted by atomic mass is 79.9. The molecule has 3 aromatic rings. The summed E-state index contributed by atoms with van der Waals surface area (Å²) in [7, 11) is 0. The fourth-order valence-corrected chi connectivity index (χ4v) is 2.95. The Balaban J connectivity index is 1.96. The van der Waals surface area contributed by atoms with Gasteiger partial charge < -0.3 is 5.32 Å². The summed E-state index contributed by atoms with van der Waals surface area (Å²) in [6.07, 6.45) is 1.38. The molecule has 12 heteroatoms. The van der Waals surface area contributed by atoms with Gasteiger partial charge in [0.2, 0.25) is 5.82 Å². The van der Waals surface area contributed by atoms with E-state index in [-0.39, 0.29) is 22.8 Å². The van der Waals surface area contributed by atoms with Gasteiger partial charge in [0.05, 0.1) is 39.9 Å². The van der Waals surface area contributed by atoms with Crippen LogP contribution in [0.25, 0.3) is 0 Å². The first-order valence-corrected chi connectivity index (χ1v) is 8.47. The third-order valence-corrected chi connectivity index (χ3v) is 4.65. The number of carbonyl (C=O) groups excluding carboxylic acids is 1. The third kappa shape index (κ3) is 3.28. The Morgan fingerprint density at radius 2 is 1.68 bits per heavy atom. The van der Waals surface area contributed by atoms with E-state index in [2.05, 4.69) is 36.5 Å². The molecule has 0 saturated heterocycles. The van der Waals surface area contributed by atoms with Crippen molar-refractivity contribution in [2.24, 2.45) is 0 Å². The molecule has 0 atom stereocenters. The molecule has 0 spiro atoms. The average molecular weight is 464 g/mol. The lowest BCUT2D eigenvalue weighted by molar-refractivity contribution is 0.102. The summed E-state index contributed by atoms with van der Waals surface area (Å²) >= 11 is 3.14. The summed E-state index contributed by atoms with van der Waals surface area (Å²) in [5.74, 6) is -10.7. The predicted octanol–water partition coefficient (Wildman–Crippen LogP) is 3.98. The minimum Gasteiger partial charge on any atom is -0.317 e. The van der Waals surface area contributed by atoms with Crippen LogP contribution in [0.2, 0.25) is 0 Å². The minimum absolute atomic E-state index is 0.131.